The number of pyridine rings is 1. The number of nitrogens with zero attached hydrogens (tertiary/aromatic N) is 3. The van der Waals surface area contributed by atoms with Gasteiger partial charge in [0.25, 0.3) is 5.24 Å². The highest BCUT2D eigenvalue weighted by atomic mass is 35.5. The molecule has 1 aromatic heterocycles. The lowest BCUT2D eigenvalue weighted by Crippen LogP contribution is -2.39. The standard InChI is InChI=1S/C15H21Cl2N3O3/c1-18-13-7-14(16)20(9-12(13)15(17)22)23-10-11(21)8-19-5-3-2-4-6-19/h7,9,11,21H,2-6,8,10H2,1H3. The first kappa shape index (κ1) is 18.3. The first-order valence-electron chi connectivity index (χ1n) is 7.60. The van der Waals surface area contributed by atoms with Gasteiger partial charge in [0.2, 0.25) is 0 Å². The largest absolute Gasteiger partial charge is 0.410 e. The Morgan fingerprint density at radius 3 is 2.74 bits per heavy atom. The normalized spacial score (nSPS) is 18.0. The summed E-state index contributed by atoms with van der Waals surface area (Å²) in [4.78, 5) is 23.1. The Balaban J connectivity index is 1.99. The molecule has 0 amide bonds. The van der Waals surface area contributed by atoms with Gasteiger partial charge < -0.3 is 14.8 Å². The number of hydrogen-bond acceptors (Lipinski definition) is 5. The topological polar surface area (TPSA) is 67.1 Å². The fourth-order valence-electron chi connectivity index (χ4n) is 2.59. The van der Waals surface area contributed by atoms with E-state index in [4.69, 9.17) is 28.0 Å². The molecular weight excluding hydrogens is 341 g/mol. The molecule has 1 aliphatic heterocycles. The monoisotopic (exact) mass is 361 g/mol. The molecule has 1 aliphatic rings. The highest BCUT2D eigenvalue weighted by Gasteiger charge is 2.16. The molecule has 1 aromatic rings. The van der Waals surface area contributed by atoms with Gasteiger partial charge >= 0.3 is 0 Å². The van der Waals surface area contributed by atoms with Gasteiger partial charge in [-0.15, -0.1) is 0 Å². The lowest BCUT2D eigenvalue weighted by atomic mass is 10.1. The van der Waals surface area contributed by atoms with Crippen LogP contribution in [-0.4, -0.2) is 59.4 Å². The van der Waals surface area contributed by atoms with Crippen LogP contribution >= 0.6 is 23.2 Å². The van der Waals surface area contributed by atoms with Crippen molar-refractivity contribution in [3.05, 3.63) is 28.3 Å². The second kappa shape index (κ2) is 8.68. The molecule has 2 heterocycles. The molecule has 2 rings (SSSR count). The molecule has 0 aromatic carbocycles. The van der Waals surface area contributed by atoms with E-state index >= 15 is 0 Å². The van der Waals surface area contributed by atoms with Gasteiger partial charge in [0.1, 0.15) is 17.9 Å². The Hall–Kier alpha value is -1.08. The van der Waals surface area contributed by atoms with Gasteiger partial charge in [0.15, 0.2) is 0 Å². The number of aliphatic hydroxyl groups is 1. The zero-order valence-corrected chi connectivity index (χ0v) is 14.6. The lowest BCUT2D eigenvalue weighted by molar-refractivity contribution is 0.00583. The van der Waals surface area contributed by atoms with E-state index in [1.807, 2.05) is 0 Å². The van der Waals surface area contributed by atoms with E-state index in [1.54, 1.807) is 7.05 Å². The predicted octanol–water partition coefficient (Wildman–Crippen LogP) is 1.33. The Kier molecular flexibility index (Phi) is 6.89. The van der Waals surface area contributed by atoms with Crippen molar-refractivity contribution in [2.24, 2.45) is 4.99 Å². The highest BCUT2D eigenvalue weighted by Crippen LogP contribution is 2.10. The van der Waals surface area contributed by atoms with Gasteiger partial charge in [0.05, 0.1) is 17.1 Å². The molecule has 0 saturated carbocycles. The van der Waals surface area contributed by atoms with Crippen LogP contribution in [0.1, 0.15) is 29.6 Å². The van der Waals surface area contributed by atoms with Crippen LogP contribution in [0.3, 0.4) is 0 Å². The summed E-state index contributed by atoms with van der Waals surface area (Å²) in [5, 5.41) is 10.1. The van der Waals surface area contributed by atoms with Crippen LogP contribution < -0.4 is 10.2 Å². The third-order valence-electron chi connectivity index (χ3n) is 3.76. The van der Waals surface area contributed by atoms with Crippen molar-refractivity contribution in [1.82, 2.24) is 9.63 Å². The number of aliphatic hydroxyl groups excluding tert-OH is 1. The van der Waals surface area contributed by atoms with Gasteiger partial charge in [-0.3, -0.25) is 9.79 Å². The van der Waals surface area contributed by atoms with Crippen molar-refractivity contribution in [3.8, 4) is 0 Å². The molecule has 0 radical (unpaired) electrons. The van der Waals surface area contributed by atoms with Crippen molar-refractivity contribution in [2.75, 3.05) is 33.3 Å². The van der Waals surface area contributed by atoms with Gasteiger partial charge in [-0.25, -0.2) is 0 Å². The fraction of sp³-hybridized carbons (Fsp3) is 0.600. The minimum absolute atomic E-state index is 0.0689. The number of likely N-dealkylation sites (tertiary alicyclic amines) is 1. The highest BCUT2D eigenvalue weighted by molar-refractivity contribution is 6.67. The van der Waals surface area contributed by atoms with E-state index in [2.05, 4.69) is 9.89 Å². The summed E-state index contributed by atoms with van der Waals surface area (Å²) < 4.78 is 1.23. The van der Waals surface area contributed by atoms with Gasteiger partial charge in [-0.1, -0.05) is 18.0 Å². The van der Waals surface area contributed by atoms with Gasteiger partial charge in [-0.05, 0) is 37.5 Å². The third-order valence-corrected chi connectivity index (χ3v) is 4.24. The molecule has 6 nitrogen and oxygen atoms in total. The van der Waals surface area contributed by atoms with Crippen LogP contribution in [0.25, 0.3) is 0 Å². The van der Waals surface area contributed by atoms with E-state index in [0.29, 0.717) is 11.9 Å². The average molecular weight is 362 g/mol. The molecule has 0 bridgehead atoms. The Labute approximate surface area is 145 Å². The summed E-state index contributed by atoms with van der Waals surface area (Å²) in [5.41, 5.74) is 0.198. The van der Waals surface area contributed by atoms with Crippen molar-refractivity contribution in [1.29, 1.82) is 0 Å². The second-order valence-electron chi connectivity index (χ2n) is 5.53. The van der Waals surface area contributed by atoms with Crippen molar-refractivity contribution in [2.45, 2.75) is 25.4 Å². The average Bonchev–Trinajstić information content (AvgIpc) is 2.54. The summed E-state index contributed by atoms with van der Waals surface area (Å²) in [6, 6.07) is 1.49. The summed E-state index contributed by atoms with van der Waals surface area (Å²) in [7, 11) is 1.54. The van der Waals surface area contributed by atoms with Crippen LogP contribution in [0.2, 0.25) is 5.15 Å². The fourth-order valence-corrected chi connectivity index (χ4v) is 2.94. The van der Waals surface area contributed by atoms with Crippen molar-refractivity contribution in [3.63, 3.8) is 0 Å². The Morgan fingerprint density at radius 2 is 2.13 bits per heavy atom. The Morgan fingerprint density at radius 1 is 1.43 bits per heavy atom. The maximum atomic E-state index is 11.4. The van der Waals surface area contributed by atoms with E-state index in [0.717, 1.165) is 25.9 Å². The second-order valence-corrected chi connectivity index (χ2v) is 6.26. The first-order valence-corrected chi connectivity index (χ1v) is 8.35. The SMILES string of the molecule is CN=c1cc(Cl)n(OCC(O)CN2CCCCC2)cc1C(=O)Cl. The molecule has 1 N–H and O–H groups in total. The number of aromatic nitrogens is 1. The van der Waals surface area contributed by atoms with Crippen LogP contribution in [0, 0.1) is 0 Å². The molecule has 23 heavy (non-hydrogen) atoms. The zero-order chi connectivity index (χ0) is 16.8. The smallest absolute Gasteiger partial charge is 0.256 e. The number of rotatable bonds is 6. The summed E-state index contributed by atoms with van der Waals surface area (Å²) in [6.07, 6.45) is 4.32. The maximum absolute atomic E-state index is 11.4. The number of β-amino-alcohol motifs (C(OH)–C–C–N with tert-alkyl or cyclic N) is 1. The molecule has 0 aliphatic carbocycles. The number of piperidine rings is 1. The van der Waals surface area contributed by atoms with Crippen LogP contribution in [0.5, 0.6) is 0 Å². The first-order chi connectivity index (χ1) is 11.0. The zero-order valence-electron chi connectivity index (χ0n) is 13.0. The molecule has 128 valence electrons. The van der Waals surface area contributed by atoms with E-state index in [9.17, 15) is 9.90 Å². The van der Waals surface area contributed by atoms with E-state index in [-0.39, 0.29) is 17.3 Å². The Bertz CT molecular complexity index is 612. The van der Waals surface area contributed by atoms with Crippen molar-refractivity contribution >= 4 is 28.4 Å². The molecule has 1 unspecified atom stereocenters. The van der Waals surface area contributed by atoms with E-state index in [1.165, 1.54) is 23.4 Å². The van der Waals surface area contributed by atoms with Gasteiger partial charge in [-0.2, -0.15) is 4.73 Å². The number of carbonyl (C=O) groups is 1. The quantitative estimate of drug-likeness (QED) is 0.613. The summed E-state index contributed by atoms with van der Waals surface area (Å²) >= 11 is 11.6. The van der Waals surface area contributed by atoms with Crippen molar-refractivity contribution < 1.29 is 14.7 Å². The minimum atomic E-state index is -0.645. The molecule has 1 saturated heterocycles. The molecule has 0 spiro atoms. The van der Waals surface area contributed by atoms with Gasteiger partial charge in [0, 0.05) is 19.7 Å². The minimum Gasteiger partial charge on any atom is -0.410 e. The summed E-state index contributed by atoms with van der Waals surface area (Å²) in [5.74, 6) is 0. The van der Waals surface area contributed by atoms with Crippen LogP contribution in [0.4, 0.5) is 0 Å². The number of carbonyl (C=O) groups excluding carboxylic acids is 1. The third kappa shape index (κ3) is 5.21. The predicted molar refractivity (Wildman–Crippen MR) is 88.9 cm³/mol. The molecule has 8 heteroatoms. The molecule has 1 atom stereocenters. The lowest BCUT2D eigenvalue weighted by Gasteiger charge is -2.28. The van der Waals surface area contributed by atoms with Crippen LogP contribution in [0.15, 0.2) is 17.3 Å². The summed E-state index contributed by atoms with van der Waals surface area (Å²) in [6.45, 7) is 2.63. The molecular formula is C15H21Cl2N3O3. The maximum Gasteiger partial charge on any atom is 0.256 e. The molecule has 1 fully saturated rings. The van der Waals surface area contributed by atoms with Crippen LogP contribution in [-0.2, 0) is 0 Å². The van der Waals surface area contributed by atoms with E-state index < -0.39 is 11.3 Å². The number of halogens is 2. The number of hydrogen-bond donors (Lipinski definition) is 1.